The van der Waals surface area contributed by atoms with Crippen LogP contribution in [0.2, 0.25) is 0 Å². The fraction of sp³-hybridized carbons (Fsp3) is 0. The molecule has 0 saturated heterocycles. The maximum Gasteiger partial charge on any atom is 0.365 e. The summed E-state index contributed by atoms with van der Waals surface area (Å²) in [4.78, 5) is 11.4. The normalized spacial score (nSPS) is 9.87. The first-order chi connectivity index (χ1) is 7.27. The van der Waals surface area contributed by atoms with Crippen LogP contribution in [0.1, 0.15) is 10.5 Å². The van der Waals surface area contributed by atoms with Crippen molar-refractivity contribution in [2.75, 3.05) is 0 Å². The molecular formula is C10H7N2O3. The number of aromatic hydroxyl groups is 1. The zero-order valence-electron chi connectivity index (χ0n) is 7.60. The summed E-state index contributed by atoms with van der Waals surface area (Å²) in [6, 6.07) is 8.55. The van der Waals surface area contributed by atoms with Gasteiger partial charge in [0.2, 0.25) is 0 Å². The van der Waals surface area contributed by atoms with Gasteiger partial charge < -0.3 is 9.84 Å². The number of esters is 1. The lowest BCUT2D eigenvalue weighted by Gasteiger charge is -2.01. The van der Waals surface area contributed by atoms with Gasteiger partial charge in [-0.15, -0.1) is 0 Å². The van der Waals surface area contributed by atoms with Gasteiger partial charge in [0.25, 0.3) is 0 Å². The molecular weight excluding hydrogens is 196 g/mol. The van der Waals surface area contributed by atoms with Crippen LogP contribution in [0.15, 0.2) is 30.3 Å². The molecule has 0 atom stereocenters. The Balaban J connectivity index is 2.15. The summed E-state index contributed by atoms with van der Waals surface area (Å²) in [6.07, 6.45) is 2.18. The molecule has 1 radical (unpaired) electrons. The minimum atomic E-state index is -0.701. The van der Waals surface area contributed by atoms with Crippen molar-refractivity contribution in [1.29, 1.82) is 0 Å². The summed E-state index contributed by atoms with van der Waals surface area (Å²) >= 11 is 0. The van der Waals surface area contributed by atoms with Crippen LogP contribution in [-0.4, -0.2) is 21.3 Å². The fourth-order valence-corrected chi connectivity index (χ4v) is 1.03. The van der Waals surface area contributed by atoms with Gasteiger partial charge in [0.15, 0.2) is 17.6 Å². The second-order valence-electron chi connectivity index (χ2n) is 2.76. The highest BCUT2D eigenvalue weighted by molar-refractivity contribution is 5.91. The molecule has 75 valence electrons. The predicted octanol–water partition coefficient (Wildman–Crippen LogP) is 1.13. The number of aromatic amines is 1. The van der Waals surface area contributed by atoms with E-state index in [1.165, 1.54) is 0 Å². The van der Waals surface area contributed by atoms with Gasteiger partial charge in [-0.3, -0.25) is 5.10 Å². The van der Waals surface area contributed by atoms with Gasteiger partial charge in [-0.2, -0.15) is 5.10 Å². The fourth-order valence-electron chi connectivity index (χ4n) is 1.03. The largest absolute Gasteiger partial charge is 0.504 e. The van der Waals surface area contributed by atoms with E-state index in [9.17, 15) is 4.79 Å². The molecule has 2 rings (SSSR count). The lowest BCUT2D eigenvalue weighted by atomic mass is 10.3. The van der Waals surface area contributed by atoms with Gasteiger partial charge in [0.1, 0.15) is 5.75 Å². The molecule has 1 heterocycles. The zero-order valence-corrected chi connectivity index (χ0v) is 7.60. The predicted molar refractivity (Wildman–Crippen MR) is 50.5 cm³/mol. The number of para-hydroxylation sites is 1. The first kappa shape index (κ1) is 9.26. The first-order valence-electron chi connectivity index (χ1n) is 4.19. The van der Waals surface area contributed by atoms with Crippen molar-refractivity contribution in [3.8, 4) is 11.5 Å². The zero-order chi connectivity index (χ0) is 10.7. The Morgan fingerprint density at radius 1 is 1.40 bits per heavy atom. The Hall–Kier alpha value is -2.30. The van der Waals surface area contributed by atoms with Crippen LogP contribution in [0.3, 0.4) is 0 Å². The number of carbonyl (C=O) groups excluding carboxylic acids is 1. The van der Waals surface area contributed by atoms with Crippen LogP contribution in [-0.2, 0) is 0 Å². The summed E-state index contributed by atoms with van der Waals surface area (Å²) in [5, 5.41) is 14.8. The highest BCUT2D eigenvalue weighted by Gasteiger charge is 2.15. The standard InChI is InChI=1S/C10H7N2O3/c13-8-6-11-12-9(8)10(14)15-7-4-2-1-3-5-7/h1-5,13H,(H,11,12). The number of aromatic nitrogens is 2. The molecule has 0 aliphatic heterocycles. The number of nitrogens with zero attached hydrogens (tertiary/aromatic N) is 1. The molecule has 5 heteroatoms. The number of H-pyrrole nitrogens is 1. The highest BCUT2D eigenvalue weighted by Crippen LogP contribution is 2.15. The molecule has 0 unspecified atom stereocenters. The van der Waals surface area contributed by atoms with Gasteiger partial charge >= 0.3 is 5.97 Å². The monoisotopic (exact) mass is 203 g/mol. The molecule has 5 nitrogen and oxygen atoms in total. The second kappa shape index (κ2) is 3.83. The Bertz CT molecular complexity index is 465. The Morgan fingerprint density at radius 3 is 2.73 bits per heavy atom. The third kappa shape index (κ3) is 1.96. The van der Waals surface area contributed by atoms with E-state index in [0.717, 1.165) is 0 Å². The van der Waals surface area contributed by atoms with Crippen LogP contribution in [0.4, 0.5) is 0 Å². The molecule has 15 heavy (non-hydrogen) atoms. The van der Waals surface area contributed by atoms with E-state index >= 15 is 0 Å². The van der Waals surface area contributed by atoms with Gasteiger partial charge in [-0.25, -0.2) is 4.79 Å². The topological polar surface area (TPSA) is 75.2 Å². The Labute approximate surface area is 85.3 Å². The maximum absolute atomic E-state index is 11.4. The van der Waals surface area contributed by atoms with Crippen LogP contribution in [0.5, 0.6) is 11.5 Å². The van der Waals surface area contributed by atoms with E-state index in [1.807, 2.05) is 0 Å². The van der Waals surface area contributed by atoms with Crippen LogP contribution in [0, 0.1) is 6.20 Å². The van der Waals surface area contributed by atoms with Gasteiger partial charge in [-0.05, 0) is 12.1 Å². The average molecular weight is 203 g/mol. The number of carbonyl (C=O) groups is 1. The SMILES string of the molecule is O=C(Oc1ccccc1)c1[nH]n[c]c1O. The molecule has 2 N–H and O–H groups in total. The number of nitrogens with one attached hydrogen (secondary N) is 1. The van der Waals surface area contributed by atoms with Gasteiger partial charge in [0.05, 0.1) is 0 Å². The van der Waals surface area contributed by atoms with Crippen LogP contribution < -0.4 is 4.74 Å². The van der Waals surface area contributed by atoms with E-state index in [0.29, 0.717) is 5.75 Å². The Kier molecular flexibility index (Phi) is 2.37. The van der Waals surface area contributed by atoms with E-state index in [2.05, 4.69) is 16.4 Å². The maximum atomic E-state index is 11.4. The summed E-state index contributed by atoms with van der Waals surface area (Å²) in [6.45, 7) is 0. The lowest BCUT2D eigenvalue weighted by molar-refractivity contribution is 0.0725. The molecule has 0 aliphatic carbocycles. The molecule has 0 fully saturated rings. The van der Waals surface area contributed by atoms with Gasteiger partial charge in [0, 0.05) is 0 Å². The van der Waals surface area contributed by atoms with Crippen molar-refractivity contribution in [2.45, 2.75) is 0 Å². The average Bonchev–Trinajstić information content (AvgIpc) is 2.66. The van der Waals surface area contributed by atoms with E-state index < -0.39 is 5.97 Å². The smallest absolute Gasteiger partial charge is 0.365 e. The van der Waals surface area contributed by atoms with E-state index in [1.54, 1.807) is 30.3 Å². The van der Waals surface area contributed by atoms with Crippen LogP contribution in [0.25, 0.3) is 0 Å². The van der Waals surface area contributed by atoms with Crippen molar-refractivity contribution in [2.24, 2.45) is 0 Å². The molecule has 1 aromatic heterocycles. The molecule has 0 amide bonds. The highest BCUT2D eigenvalue weighted by atomic mass is 16.5. The third-order valence-corrected chi connectivity index (χ3v) is 1.72. The molecule has 0 aliphatic rings. The van der Waals surface area contributed by atoms with Gasteiger partial charge in [-0.1, -0.05) is 18.2 Å². The number of rotatable bonds is 2. The van der Waals surface area contributed by atoms with Crippen molar-refractivity contribution in [3.05, 3.63) is 42.2 Å². The summed E-state index contributed by atoms with van der Waals surface area (Å²) in [7, 11) is 0. The minimum Gasteiger partial charge on any atom is -0.504 e. The number of hydrogen-bond donors (Lipinski definition) is 2. The van der Waals surface area contributed by atoms with Crippen molar-refractivity contribution < 1.29 is 14.6 Å². The Morgan fingerprint density at radius 2 is 2.13 bits per heavy atom. The molecule has 1 aromatic carbocycles. The van der Waals surface area contributed by atoms with Crippen LogP contribution >= 0.6 is 0 Å². The van der Waals surface area contributed by atoms with Crippen molar-refractivity contribution in [3.63, 3.8) is 0 Å². The third-order valence-electron chi connectivity index (χ3n) is 1.72. The molecule has 0 saturated carbocycles. The minimum absolute atomic E-state index is 0.112. The van der Waals surface area contributed by atoms with Crippen molar-refractivity contribution in [1.82, 2.24) is 10.2 Å². The quantitative estimate of drug-likeness (QED) is 0.566. The van der Waals surface area contributed by atoms with Crippen molar-refractivity contribution >= 4 is 5.97 Å². The molecule has 0 bridgehead atoms. The molecule has 2 aromatic rings. The summed E-state index contributed by atoms with van der Waals surface area (Å²) in [5.74, 6) is -0.653. The molecule has 0 spiro atoms. The summed E-state index contributed by atoms with van der Waals surface area (Å²) in [5.41, 5.74) is -0.112. The first-order valence-corrected chi connectivity index (χ1v) is 4.19. The summed E-state index contributed by atoms with van der Waals surface area (Å²) < 4.78 is 4.95. The second-order valence-corrected chi connectivity index (χ2v) is 2.76. The number of benzene rings is 1. The van der Waals surface area contributed by atoms with E-state index in [-0.39, 0.29) is 11.4 Å². The number of hydrogen-bond acceptors (Lipinski definition) is 4. The number of ether oxygens (including phenoxy) is 1. The van der Waals surface area contributed by atoms with E-state index in [4.69, 9.17) is 9.84 Å². The lowest BCUT2D eigenvalue weighted by Crippen LogP contribution is -2.09.